The van der Waals surface area contributed by atoms with Gasteiger partial charge in [0.1, 0.15) is 0 Å². The van der Waals surface area contributed by atoms with E-state index in [0.29, 0.717) is 6.04 Å². The molecule has 1 atom stereocenters. The Kier molecular flexibility index (Phi) is 4.16. The molecule has 4 aliphatic carbocycles. The Morgan fingerprint density at radius 3 is 2.10 bits per heavy atom. The quantitative estimate of drug-likeness (QED) is 0.776. The lowest BCUT2D eigenvalue weighted by Gasteiger charge is -2.55. The third-order valence-corrected chi connectivity index (χ3v) is 6.13. The second-order valence-corrected chi connectivity index (χ2v) is 8.73. The molecule has 4 saturated carbocycles. The van der Waals surface area contributed by atoms with Gasteiger partial charge in [0.05, 0.1) is 5.60 Å². The largest absolute Gasteiger partial charge is 0.390 e. The molecule has 0 aromatic carbocycles. The van der Waals surface area contributed by atoms with Crippen molar-refractivity contribution in [2.24, 2.45) is 23.7 Å². The third-order valence-electron chi connectivity index (χ3n) is 6.13. The van der Waals surface area contributed by atoms with Gasteiger partial charge >= 0.3 is 0 Å². The van der Waals surface area contributed by atoms with Crippen molar-refractivity contribution in [1.29, 1.82) is 0 Å². The summed E-state index contributed by atoms with van der Waals surface area (Å²) >= 11 is 0. The summed E-state index contributed by atoms with van der Waals surface area (Å²) in [6, 6.07) is 1.42. The molecule has 20 heavy (non-hydrogen) atoms. The molecule has 0 heterocycles. The van der Waals surface area contributed by atoms with Crippen molar-refractivity contribution in [3.63, 3.8) is 0 Å². The van der Waals surface area contributed by atoms with Gasteiger partial charge in [-0.3, -0.25) is 0 Å². The van der Waals surface area contributed by atoms with Crippen LogP contribution in [0.2, 0.25) is 0 Å². The highest BCUT2D eigenvalue weighted by Crippen LogP contribution is 2.53. The zero-order valence-electron chi connectivity index (χ0n) is 13.6. The fourth-order valence-corrected chi connectivity index (χ4v) is 5.45. The molecule has 0 radical (unpaired) electrons. The molecular weight excluding hydrogens is 246 g/mol. The van der Waals surface area contributed by atoms with Gasteiger partial charge < -0.3 is 10.4 Å². The van der Waals surface area contributed by atoms with Gasteiger partial charge in [-0.15, -0.1) is 0 Å². The highest BCUT2D eigenvalue weighted by Gasteiger charge is 2.48. The van der Waals surface area contributed by atoms with Crippen LogP contribution in [-0.2, 0) is 0 Å². The molecule has 4 bridgehead atoms. The summed E-state index contributed by atoms with van der Waals surface area (Å²) in [5.74, 6) is 4.09. The van der Waals surface area contributed by atoms with Crippen LogP contribution in [0.5, 0.6) is 0 Å². The molecular formula is C18H33NO. The highest BCUT2D eigenvalue weighted by atomic mass is 16.3. The van der Waals surface area contributed by atoms with Crippen molar-refractivity contribution < 1.29 is 5.11 Å². The molecule has 0 amide bonds. The number of nitrogens with one attached hydrogen (secondary N) is 1. The number of aliphatic hydroxyl groups is 1. The lowest BCUT2D eigenvalue weighted by molar-refractivity contribution is -0.0176. The van der Waals surface area contributed by atoms with E-state index in [1.165, 1.54) is 32.1 Å². The first kappa shape index (κ1) is 14.8. The molecule has 4 fully saturated rings. The highest BCUT2D eigenvalue weighted by molar-refractivity contribution is 5.01. The van der Waals surface area contributed by atoms with Crippen LogP contribution in [0.4, 0.5) is 0 Å². The van der Waals surface area contributed by atoms with Gasteiger partial charge in [0, 0.05) is 12.1 Å². The maximum Gasteiger partial charge on any atom is 0.0591 e. The van der Waals surface area contributed by atoms with Crippen LogP contribution in [0, 0.1) is 23.7 Å². The average molecular weight is 279 g/mol. The Morgan fingerprint density at radius 2 is 1.60 bits per heavy atom. The number of rotatable bonds is 6. The molecule has 2 heteroatoms. The van der Waals surface area contributed by atoms with Gasteiger partial charge in [0.2, 0.25) is 0 Å². The molecule has 2 nitrogen and oxygen atoms in total. The molecule has 0 aromatic heterocycles. The zero-order chi connectivity index (χ0) is 14.3. The Morgan fingerprint density at radius 1 is 1.05 bits per heavy atom. The second kappa shape index (κ2) is 5.61. The van der Waals surface area contributed by atoms with Crippen LogP contribution >= 0.6 is 0 Å². The van der Waals surface area contributed by atoms with E-state index in [2.05, 4.69) is 12.2 Å². The van der Waals surface area contributed by atoms with Crippen molar-refractivity contribution >= 4 is 0 Å². The average Bonchev–Trinajstić information content (AvgIpc) is 2.31. The maximum atomic E-state index is 9.80. The van der Waals surface area contributed by atoms with E-state index in [4.69, 9.17) is 0 Å². The molecule has 0 aliphatic heterocycles. The van der Waals surface area contributed by atoms with E-state index < -0.39 is 5.60 Å². The normalized spacial score (nSPS) is 41.1. The van der Waals surface area contributed by atoms with E-state index in [1.807, 2.05) is 13.8 Å². The molecule has 116 valence electrons. The van der Waals surface area contributed by atoms with Gasteiger partial charge in [0.25, 0.3) is 0 Å². The first-order valence-electron chi connectivity index (χ1n) is 8.89. The van der Waals surface area contributed by atoms with E-state index >= 15 is 0 Å². The fourth-order valence-electron chi connectivity index (χ4n) is 5.45. The van der Waals surface area contributed by atoms with E-state index in [1.54, 1.807) is 6.42 Å². The molecule has 0 unspecified atom stereocenters. The predicted molar refractivity (Wildman–Crippen MR) is 83.6 cm³/mol. The lowest BCUT2D eigenvalue weighted by atomic mass is 9.54. The van der Waals surface area contributed by atoms with Crippen molar-refractivity contribution in [2.45, 2.75) is 89.8 Å². The van der Waals surface area contributed by atoms with Crippen LogP contribution < -0.4 is 5.32 Å². The summed E-state index contributed by atoms with van der Waals surface area (Å²) in [4.78, 5) is 0. The fraction of sp³-hybridized carbons (Fsp3) is 1.00. The minimum atomic E-state index is -0.498. The Bertz CT molecular complexity index is 305. The first-order valence-corrected chi connectivity index (χ1v) is 8.89. The molecule has 0 spiro atoms. The van der Waals surface area contributed by atoms with Gasteiger partial charge in [-0.1, -0.05) is 0 Å². The van der Waals surface area contributed by atoms with Crippen molar-refractivity contribution in [1.82, 2.24) is 5.32 Å². The van der Waals surface area contributed by atoms with Crippen molar-refractivity contribution in [3.8, 4) is 0 Å². The topological polar surface area (TPSA) is 32.3 Å². The van der Waals surface area contributed by atoms with E-state index in [9.17, 15) is 5.11 Å². The smallest absolute Gasteiger partial charge is 0.0591 e. The molecule has 2 N–H and O–H groups in total. The summed E-state index contributed by atoms with van der Waals surface area (Å²) in [6.07, 6.45) is 10.8. The van der Waals surface area contributed by atoms with Crippen LogP contribution in [0.15, 0.2) is 0 Å². The van der Waals surface area contributed by atoms with E-state index in [-0.39, 0.29) is 0 Å². The van der Waals surface area contributed by atoms with Gasteiger partial charge in [-0.05, 0) is 95.8 Å². The molecule has 0 saturated heterocycles. The Balaban J connectivity index is 1.46. The van der Waals surface area contributed by atoms with Crippen LogP contribution in [0.3, 0.4) is 0 Å². The lowest BCUT2D eigenvalue weighted by Crippen LogP contribution is -2.56. The number of hydrogen-bond donors (Lipinski definition) is 2. The second-order valence-electron chi connectivity index (χ2n) is 8.73. The maximum absolute atomic E-state index is 9.80. The molecule has 0 aromatic rings. The molecule has 4 rings (SSSR count). The summed E-state index contributed by atoms with van der Waals surface area (Å²) in [6.45, 7) is 6.18. The minimum Gasteiger partial charge on any atom is -0.390 e. The standard InChI is InChI=1S/C18H33NO/c1-12(5-4-6-18(2,3)20)19-17-15-8-13-7-14(10-15)11-16(17)9-13/h12-17,19-20H,4-11H2,1-3H3/t12-,13?,14?,15?,16?,17?/m1/s1. The number of hydrogen-bond acceptors (Lipinski definition) is 2. The predicted octanol–water partition coefficient (Wildman–Crippen LogP) is 3.73. The van der Waals surface area contributed by atoms with Gasteiger partial charge in [-0.25, -0.2) is 0 Å². The zero-order valence-corrected chi connectivity index (χ0v) is 13.6. The SMILES string of the molecule is C[C@H](CCCC(C)(C)O)NC1C2CC3CC(C2)CC1C3. The van der Waals surface area contributed by atoms with Crippen LogP contribution in [0.25, 0.3) is 0 Å². The minimum absolute atomic E-state index is 0.498. The van der Waals surface area contributed by atoms with Crippen LogP contribution in [0.1, 0.15) is 72.1 Å². The monoisotopic (exact) mass is 279 g/mol. The Hall–Kier alpha value is -0.0800. The summed E-state index contributed by atoms with van der Waals surface area (Å²) in [5.41, 5.74) is -0.498. The first-order chi connectivity index (χ1) is 9.40. The summed E-state index contributed by atoms with van der Waals surface area (Å²) in [5, 5.41) is 13.8. The summed E-state index contributed by atoms with van der Waals surface area (Å²) in [7, 11) is 0. The third kappa shape index (κ3) is 3.39. The molecule has 4 aliphatic rings. The van der Waals surface area contributed by atoms with E-state index in [0.717, 1.165) is 42.6 Å². The van der Waals surface area contributed by atoms with Crippen molar-refractivity contribution in [2.75, 3.05) is 0 Å². The summed E-state index contributed by atoms with van der Waals surface area (Å²) < 4.78 is 0. The van der Waals surface area contributed by atoms with Gasteiger partial charge in [0.15, 0.2) is 0 Å². The van der Waals surface area contributed by atoms with Crippen molar-refractivity contribution in [3.05, 3.63) is 0 Å². The Labute approximate surface area is 124 Å². The van der Waals surface area contributed by atoms with Gasteiger partial charge in [-0.2, -0.15) is 0 Å². The van der Waals surface area contributed by atoms with Crippen LogP contribution in [-0.4, -0.2) is 22.8 Å².